The smallest absolute Gasteiger partial charge is 0.137 e. The van der Waals surface area contributed by atoms with Gasteiger partial charge in [-0.2, -0.15) is 5.10 Å². The van der Waals surface area contributed by atoms with Gasteiger partial charge in [0.25, 0.3) is 0 Å². The summed E-state index contributed by atoms with van der Waals surface area (Å²) in [5.41, 5.74) is 6.60. The van der Waals surface area contributed by atoms with Gasteiger partial charge in [-0.05, 0) is 64.9 Å². The van der Waals surface area contributed by atoms with Gasteiger partial charge in [0.1, 0.15) is 5.76 Å². The zero-order valence-corrected chi connectivity index (χ0v) is 15.8. The average molecular weight is 359 g/mol. The molecule has 1 N–H and O–H groups in total. The Morgan fingerprint density at radius 3 is 2.40 bits per heavy atom. The normalized spacial score (nSPS) is 11.2. The van der Waals surface area contributed by atoms with Gasteiger partial charge in [0, 0.05) is 28.4 Å². The largest absolute Gasteiger partial charge is 0.361 e. The number of aryl methyl sites for hydroxylation is 3. The van der Waals surface area contributed by atoms with E-state index in [4.69, 9.17) is 16.1 Å². The lowest BCUT2D eigenvalue weighted by molar-refractivity contribution is 0.392. The monoisotopic (exact) mass is 358 g/mol. The second kappa shape index (κ2) is 7.42. The molecular formula is C19H23ClN4O. The van der Waals surface area contributed by atoms with Crippen LogP contribution in [0, 0.1) is 27.7 Å². The van der Waals surface area contributed by atoms with E-state index in [0.29, 0.717) is 0 Å². The molecule has 5 nitrogen and oxygen atoms in total. The lowest BCUT2D eigenvalue weighted by Crippen LogP contribution is -2.18. The first-order valence-electron chi connectivity index (χ1n) is 8.41. The van der Waals surface area contributed by atoms with Crippen LogP contribution in [-0.4, -0.2) is 21.5 Å². The van der Waals surface area contributed by atoms with E-state index in [1.165, 1.54) is 11.1 Å². The molecule has 0 atom stereocenters. The van der Waals surface area contributed by atoms with Gasteiger partial charge in [-0.25, -0.2) is 4.68 Å². The summed E-state index contributed by atoms with van der Waals surface area (Å²) in [5.74, 6) is 0.905. The number of nitrogens with zero attached hydrogens (tertiary/aromatic N) is 3. The molecule has 1 aromatic carbocycles. The topological polar surface area (TPSA) is 55.9 Å². The fraction of sp³-hybridized carbons (Fsp3) is 0.368. The molecule has 132 valence electrons. The van der Waals surface area contributed by atoms with Crippen molar-refractivity contribution in [3.63, 3.8) is 0 Å². The van der Waals surface area contributed by atoms with E-state index in [9.17, 15) is 0 Å². The fourth-order valence-corrected chi connectivity index (χ4v) is 3.18. The maximum atomic E-state index is 5.97. The van der Waals surface area contributed by atoms with Crippen LogP contribution in [0.5, 0.6) is 0 Å². The maximum Gasteiger partial charge on any atom is 0.137 e. The number of nitrogens with one attached hydrogen (secondary N) is 1. The van der Waals surface area contributed by atoms with Crippen molar-refractivity contribution in [2.75, 3.05) is 6.54 Å². The fourth-order valence-electron chi connectivity index (χ4n) is 3.05. The summed E-state index contributed by atoms with van der Waals surface area (Å²) in [7, 11) is 0. The Labute approximate surface area is 153 Å². The molecule has 0 amide bonds. The van der Waals surface area contributed by atoms with Crippen LogP contribution in [0.4, 0.5) is 0 Å². The SMILES string of the molecule is Cc1noc(C)c1CCNCc1c(C)nn(-c2ccc(Cl)cc2)c1C. The second-order valence-corrected chi connectivity index (χ2v) is 6.70. The highest BCUT2D eigenvalue weighted by atomic mass is 35.5. The van der Waals surface area contributed by atoms with E-state index in [1.54, 1.807) is 0 Å². The Kier molecular flexibility index (Phi) is 5.25. The highest BCUT2D eigenvalue weighted by Crippen LogP contribution is 2.19. The van der Waals surface area contributed by atoms with Crippen LogP contribution in [0.1, 0.15) is 34.0 Å². The molecule has 0 fully saturated rings. The molecular weight excluding hydrogens is 336 g/mol. The first kappa shape index (κ1) is 17.7. The van der Waals surface area contributed by atoms with Crippen molar-refractivity contribution >= 4 is 11.6 Å². The van der Waals surface area contributed by atoms with Gasteiger partial charge in [0.15, 0.2) is 0 Å². The highest BCUT2D eigenvalue weighted by molar-refractivity contribution is 6.30. The van der Waals surface area contributed by atoms with Crippen molar-refractivity contribution in [3.05, 3.63) is 63.3 Å². The van der Waals surface area contributed by atoms with Crippen molar-refractivity contribution in [2.24, 2.45) is 0 Å². The van der Waals surface area contributed by atoms with Gasteiger partial charge in [0.05, 0.1) is 17.1 Å². The van der Waals surface area contributed by atoms with Crippen molar-refractivity contribution in [2.45, 2.75) is 40.7 Å². The number of hydrogen-bond donors (Lipinski definition) is 1. The van der Waals surface area contributed by atoms with Crippen LogP contribution in [0.3, 0.4) is 0 Å². The minimum atomic E-state index is 0.728. The molecule has 0 spiro atoms. The highest BCUT2D eigenvalue weighted by Gasteiger charge is 2.13. The summed E-state index contributed by atoms with van der Waals surface area (Å²) in [6.07, 6.45) is 0.907. The first-order chi connectivity index (χ1) is 12.0. The number of hydrogen-bond acceptors (Lipinski definition) is 4. The third-order valence-electron chi connectivity index (χ3n) is 4.55. The van der Waals surface area contributed by atoms with Crippen LogP contribution in [0.25, 0.3) is 5.69 Å². The molecule has 2 aromatic heterocycles. The van der Waals surface area contributed by atoms with Crippen molar-refractivity contribution in [1.29, 1.82) is 0 Å². The summed E-state index contributed by atoms with van der Waals surface area (Å²) in [4.78, 5) is 0. The number of halogens is 1. The Balaban J connectivity index is 1.66. The van der Waals surface area contributed by atoms with Crippen molar-refractivity contribution in [3.8, 4) is 5.69 Å². The minimum Gasteiger partial charge on any atom is -0.361 e. The van der Waals surface area contributed by atoms with Crippen LogP contribution >= 0.6 is 11.6 Å². The van der Waals surface area contributed by atoms with Gasteiger partial charge in [-0.15, -0.1) is 0 Å². The average Bonchev–Trinajstić information content (AvgIpc) is 3.05. The molecule has 3 rings (SSSR count). The summed E-state index contributed by atoms with van der Waals surface area (Å²) in [6.45, 7) is 9.74. The van der Waals surface area contributed by atoms with Gasteiger partial charge in [-0.3, -0.25) is 0 Å². The molecule has 6 heteroatoms. The maximum absolute atomic E-state index is 5.97. The predicted molar refractivity (Wildman–Crippen MR) is 99.4 cm³/mol. The van der Waals surface area contributed by atoms with Crippen LogP contribution in [0.2, 0.25) is 5.02 Å². The molecule has 0 radical (unpaired) electrons. The summed E-state index contributed by atoms with van der Waals surface area (Å²) in [6, 6.07) is 7.73. The van der Waals surface area contributed by atoms with Crippen LogP contribution in [-0.2, 0) is 13.0 Å². The van der Waals surface area contributed by atoms with E-state index in [-0.39, 0.29) is 0 Å². The Morgan fingerprint density at radius 2 is 1.76 bits per heavy atom. The molecule has 0 aliphatic heterocycles. The van der Waals surface area contributed by atoms with Gasteiger partial charge < -0.3 is 9.84 Å². The third kappa shape index (κ3) is 3.78. The molecule has 0 saturated carbocycles. The van der Waals surface area contributed by atoms with E-state index in [2.05, 4.69) is 22.5 Å². The molecule has 3 aromatic rings. The molecule has 0 aliphatic rings. The molecule has 0 saturated heterocycles. The molecule has 25 heavy (non-hydrogen) atoms. The van der Waals surface area contributed by atoms with Crippen molar-refractivity contribution in [1.82, 2.24) is 20.3 Å². The predicted octanol–water partition coefficient (Wildman–Crippen LogP) is 4.08. The zero-order chi connectivity index (χ0) is 18.0. The Hall–Kier alpha value is -2.11. The molecule has 0 unspecified atom stereocenters. The van der Waals surface area contributed by atoms with Crippen LogP contribution < -0.4 is 5.32 Å². The second-order valence-electron chi connectivity index (χ2n) is 6.27. The number of benzene rings is 1. The summed E-state index contributed by atoms with van der Waals surface area (Å²) in [5, 5.41) is 12.9. The van der Waals surface area contributed by atoms with Gasteiger partial charge in [0.2, 0.25) is 0 Å². The van der Waals surface area contributed by atoms with Gasteiger partial charge in [-0.1, -0.05) is 16.8 Å². The van der Waals surface area contributed by atoms with E-state index < -0.39 is 0 Å². The zero-order valence-electron chi connectivity index (χ0n) is 15.1. The summed E-state index contributed by atoms with van der Waals surface area (Å²) >= 11 is 5.97. The van der Waals surface area contributed by atoms with Gasteiger partial charge >= 0.3 is 0 Å². The quantitative estimate of drug-likeness (QED) is 0.674. The van der Waals surface area contributed by atoms with E-state index in [0.717, 1.165) is 53.1 Å². The third-order valence-corrected chi connectivity index (χ3v) is 4.80. The Bertz CT molecular complexity index is 845. The Morgan fingerprint density at radius 1 is 1.04 bits per heavy atom. The molecule has 0 aliphatic carbocycles. The molecule has 0 bridgehead atoms. The molecule has 2 heterocycles. The van der Waals surface area contributed by atoms with E-state index in [1.807, 2.05) is 49.7 Å². The first-order valence-corrected chi connectivity index (χ1v) is 8.78. The number of rotatable bonds is 6. The minimum absolute atomic E-state index is 0.728. The summed E-state index contributed by atoms with van der Waals surface area (Å²) < 4.78 is 7.18. The van der Waals surface area contributed by atoms with Crippen LogP contribution in [0.15, 0.2) is 28.8 Å². The standard InChI is InChI=1S/C19H23ClN4O/c1-12-19(11-21-10-9-18-13(2)23-25-15(18)4)14(3)24(22-12)17-7-5-16(20)6-8-17/h5-8,21H,9-11H2,1-4H3. The lowest BCUT2D eigenvalue weighted by atomic mass is 10.1. The lowest BCUT2D eigenvalue weighted by Gasteiger charge is -2.07. The van der Waals surface area contributed by atoms with E-state index >= 15 is 0 Å². The number of aromatic nitrogens is 3. The van der Waals surface area contributed by atoms with Crippen molar-refractivity contribution < 1.29 is 4.52 Å².